The summed E-state index contributed by atoms with van der Waals surface area (Å²) in [6.45, 7) is 4.01. The molecule has 0 unspecified atom stereocenters. The number of hydrogen-bond acceptors (Lipinski definition) is 3. The van der Waals surface area contributed by atoms with E-state index in [4.69, 9.17) is 0 Å². The number of hydrogen-bond donors (Lipinski definition) is 2. The smallest absolute Gasteiger partial charge is 0.330 e. The molecule has 0 aliphatic carbocycles. The van der Waals surface area contributed by atoms with Crippen molar-refractivity contribution in [3.05, 3.63) is 53.3 Å². The number of aromatic nitrogens is 2. The van der Waals surface area contributed by atoms with Crippen LogP contribution in [0.2, 0.25) is 0 Å². The second kappa shape index (κ2) is 6.43. The van der Waals surface area contributed by atoms with Gasteiger partial charge in [0.25, 0.3) is 5.91 Å². The molecule has 0 aliphatic rings. The number of aliphatic carboxylic acids is 1. The number of aryl methyl sites for hydroxylation is 1. The van der Waals surface area contributed by atoms with Gasteiger partial charge in [0.2, 0.25) is 0 Å². The molecule has 1 aromatic heterocycles. The fourth-order valence-electron chi connectivity index (χ4n) is 2.27. The van der Waals surface area contributed by atoms with Crippen LogP contribution in [0.25, 0.3) is 0 Å². The number of nitrogens with zero attached hydrogens (tertiary/aromatic N) is 2. The Hall–Kier alpha value is -2.63. The van der Waals surface area contributed by atoms with E-state index < -0.39 is 17.9 Å². The van der Waals surface area contributed by atoms with Gasteiger partial charge in [0.05, 0.1) is 0 Å². The SMILES string of the molecule is CC(C)c1cc(C(=O)N[C@@H](C(=O)O)c2ccccc2)nn1C. The predicted molar refractivity (Wildman–Crippen MR) is 81.6 cm³/mol. The molecule has 0 radical (unpaired) electrons. The fraction of sp³-hybridized carbons (Fsp3) is 0.312. The van der Waals surface area contributed by atoms with Crippen molar-refractivity contribution in [2.75, 3.05) is 0 Å². The molecule has 2 aromatic rings. The first-order valence-corrected chi connectivity index (χ1v) is 7.02. The van der Waals surface area contributed by atoms with Crippen molar-refractivity contribution < 1.29 is 14.7 Å². The number of carbonyl (C=O) groups is 2. The summed E-state index contributed by atoms with van der Waals surface area (Å²) < 4.78 is 1.64. The Morgan fingerprint density at radius 3 is 2.36 bits per heavy atom. The lowest BCUT2D eigenvalue weighted by molar-refractivity contribution is -0.139. The zero-order chi connectivity index (χ0) is 16.3. The van der Waals surface area contributed by atoms with Gasteiger partial charge in [-0.25, -0.2) is 4.79 Å². The summed E-state index contributed by atoms with van der Waals surface area (Å²) in [4.78, 5) is 23.7. The average Bonchev–Trinajstić information content (AvgIpc) is 2.87. The highest BCUT2D eigenvalue weighted by Gasteiger charge is 2.24. The Bertz CT molecular complexity index is 677. The van der Waals surface area contributed by atoms with Crippen LogP contribution in [0.4, 0.5) is 0 Å². The second-order valence-electron chi connectivity index (χ2n) is 5.39. The minimum absolute atomic E-state index is 0.216. The van der Waals surface area contributed by atoms with Gasteiger partial charge in [-0.2, -0.15) is 5.10 Å². The van der Waals surface area contributed by atoms with E-state index in [9.17, 15) is 14.7 Å². The summed E-state index contributed by atoms with van der Waals surface area (Å²) in [6.07, 6.45) is 0. The lowest BCUT2D eigenvalue weighted by Crippen LogP contribution is -2.34. The van der Waals surface area contributed by atoms with Crippen LogP contribution in [0, 0.1) is 0 Å². The highest BCUT2D eigenvalue weighted by Crippen LogP contribution is 2.17. The van der Waals surface area contributed by atoms with Crippen LogP contribution < -0.4 is 5.32 Å². The molecular weight excluding hydrogens is 282 g/mol. The van der Waals surface area contributed by atoms with Crippen molar-refractivity contribution in [3.8, 4) is 0 Å². The van der Waals surface area contributed by atoms with E-state index >= 15 is 0 Å². The third-order valence-electron chi connectivity index (χ3n) is 3.40. The Labute approximate surface area is 128 Å². The molecule has 0 bridgehead atoms. The number of carbonyl (C=O) groups excluding carboxylic acids is 1. The van der Waals surface area contributed by atoms with Gasteiger partial charge in [0.1, 0.15) is 5.69 Å². The van der Waals surface area contributed by atoms with E-state index in [0.717, 1.165) is 5.69 Å². The second-order valence-corrected chi connectivity index (χ2v) is 5.39. The van der Waals surface area contributed by atoms with Gasteiger partial charge in [-0.1, -0.05) is 44.2 Å². The molecule has 1 aromatic carbocycles. The molecule has 2 rings (SSSR count). The van der Waals surface area contributed by atoms with Crippen LogP contribution in [0.1, 0.15) is 47.6 Å². The highest BCUT2D eigenvalue weighted by atomic mass is 16.4. The lowest BCUT2D eigenvalue weighted by atomic mass is 10.1. The molecular formula is C16H19N3O3. The lowest BCUT2D eigenvalue weighted by Gasteiger charge is -2.13. The van der Waals surface area contributed by atoms with E-state index in [1.807, 2.05) is 13.8 Å². The molecule has 22 heavy (non-hydrogen) atoms. The molecule has 1 atom stereocenters. The fourth-order valence-corrected chi connectivity index (χ4v) is 2.27. The van der Waals surface area contributed by atoms with Gasteiger partial charge in [0.15, 0.2) is 6.04 Å². The largest absolute Gasteiger partial charge is 0.479 e. The van der Waals surface area contributed by atoms with Gasteiger partial charge in [-0.3, -0.25) is 9.48 Å². The van der Waals surface area contributed by atoms with Crippen LogP contribution in [0.3, 0.4) is 0 Å². The number of rotatable bonds is 5. The molecule has 0 saturated heterocycles. The maximum Gasteiger partial charge on any atom is 0.330 e. The van der Waals surface area contributed by atoms with Crippen molar-refractivity contribution in [3.63, 3.8) is 0 Å². The predicted octanol–water partition coefficient (Wildman–Crippen LogP) is 2.10. The van der Waals surface area contributed by atoms with Crippen molar-refractivity contribution in [2.24, 2.45) is 7.05 Å². The maximum atomic E-state index is 12.3. The van der Waals surface area contributed by atoms with E-state index in [-0.39, 0.29) is 11.6 Å². The van der Waals surface area contributed by atoms with E-state index in [1.165, 1.54) is 0 Å². The van der Waals surface area contributed by atoms with Gasteiger partial charge >= 0.3 is 5.97 Å². The number of benzene rings is 1. The van der Waals surface area contributed by atoms with Crippen molar-refractivity contribution >= 4 is 11.9 Å². The highest BCUT2D eigenvalue weighted by molar-refractivity contribution is 5.95. The van der Waals surface area contributed by atoms with Crippen LogP contribution in [0.5, 0.6) is 0 Å². The zero-order valence-corrected chi connectivity index (χ0v) is 12.8. The summed E-state index contributed by atoms with van der Waals surface area (Å²) in [6, 6.07) is 9.17. The van der Waals surface area contributed by atoms with Crippen LogP contribution >= 0.6 is 0 Å². The first-order valence-electron chi connectivity index (χ1n) is 7.02. The maximum absolute atomic E-state index is 12.3. The molecule has 1 heterocycles. The quantitative estimate of drug-likeness (QED) is 0.885. The third-order valence-corrected chi connectivity index (χ3v) is 3.40. The van der Waals surface area contributed by atoms with E-state index in [1.54, 1.807) is 48.1 Å². The van der Waals surface area contributed by atoms with Crippen LogP contribution in [-0.2, 0) is 11.8 Å². The molecule has 0 spiro atoms. The third kappa shape index (κ3) is 3.33. The topological polar surface area (TPSA) is 84.2 Å². The monoisotopic (exact) mass is 301 g/mol. The summed E-state index contributed by atoms with van der Waals surface area (Å²) in [5.74, 6) is -1.39. The molecule has 116 valence electrons. The normalized spacial score (nSPS) is 12.2. The summed E-state index contributed by atoms with van der Waals surface area (Å²) >= 11 is 0. The van der Waals surface area contributed by atoms with Crippen molar-refractivity contribution in [1.82, 2.24) is 15.1 Å². The zero-order valence-electron chi connectivity index (χ0n) is 12.8. The summed E-state index contributed by atoms with van der Waals surface area (Å²) in [5.41, 5.74) is 1.65. The molecule has 6 nitrogen and oxygen atoms in total. The number of nitrogens with one attached hydrogen (secondary N) is 1. The molecule has 0 fully saturated rings. The summed E-state index contributed by atoms with van der Waals surface area (Å²) in [5, 5.41) is 16.0. The molecule has 6 heteroatoms. The van der Waals surface area contributed by atoms with Crippen LogP contribution in [-0.4, -0.2) is 26.8 Å². The van der Waals surface area contributed by atoms with Gasteiger partial charge in [-0.05, 0) is 17.5 Å². The number of carboxylic acids is 1. The minimum Gasteiger partial charge on any atom is -0.479 e. The number of amides is 1. The first-order chi connectivity index (χ1) is 10.4. The Kier molecular flexibility index (Phi) is 4.60. The summed E-state index contributed by atoms with van der Waals surface area (Å²) in [7, 11) is 1.76. The Morgan fingerprint density at radius 2 is 1.86 bits per heavy atom. The Balaban J connectivity index is 2.22. The van der Waals surface area contributed by atoms with Gasteiger partial charge < -0.3 is 10.4 Å². The minimum atomic E-state index is -1.11. The first kappa shape index (κ1) is 15.8. The van der Waals surface area contributed by atoms with E-state index in [2.05, 4.69) is 10.4 Å². The molecule has 0 aliphatic heterocycles. The average molecular weight is 301 g/mol. The standard InChI is InChI=1S/C16H19N3O3/c1-10(2)13-9-12(18-19(13)3)15(20)17-14(16(21)22)11-7-5-4-6-8-11/h4-10,14H,1-3H3,(H,17,20)(H,21,22)/t14-/m1/s1. The molecule has 1 amide bonds. The van der Waals surface area contributed by atoms with Crippen molar-refractivity contribution in [2.45, 2.75) is 25.8 Å². The molecule has 0 saturated carbocycles. The van der Waals surface area contributed by atoms with Crippen LogP contribution in [0.15, 0.2) is 36.4 Å². The van der Waals surface area contributed by atoms with Gasteiger partial charge in [0, 0.05) is 12.7 Å². The molecule has 2 N–H and O–H groups in total. The van der Waals surface area contributed by atoms with E-state index in [0.29, 0.717) is 5.56 Å². The van der Waals surface area contributed by atoms with Crippen molar-refractivity contribution in [1.29, 1.82) is 0 Å². The number of carboxylic acid groups (broad SMARTS) is 1. The van der Waals surface area contributed by atoms with Gasteiger partial charge in [-0.15, -0.1) is 0 Å². The Morgan fingerprint density at radius 1 is 1.23 bits per heavy atom.